The lowest BCUT2D eigenvalue weighted by molar-refractivity contribution is 0.103. The van der Waals surface area contributed by atoms with Crippen LogP contribution in [0.3, 0.4) is 0 Å². The second-order valence-corrected chi connectivity index (χ2v) is 5.93. The molecule has 0 fully saturated rings. The van der Waals surface area contributed by atoms with Gasteiger partial charge in [0.1, 0.15) is 5.75 Å². The van der Waals surface area contributed by atoms with Gasteiger partial charge in [0.05, 0.1) is 5.56 Å². The van der Waals surface area contributed by atoms with Gasteiger partial charge in [-0.05, 0) is 42.8 Å². The summed E-state index contributed by atoms with van der Waals surface area (Å²) in [5.41, 5.74) is 0.857. The number of aromatic hydroxyl groups is 1. The van der Waals surface area contributed by atoms with Gasteiger partial charge in [-0.25, -0.2) is 0 Å². The average molecular weight is 303 g/mol. The van der Waals surface area contributed by atoms with Gasteiger partial charge in [-0.1, -0.05) is 18.2 Å². The number of hydrogen-bond donors (Lipinski definition) is 1. The maximum absolute atomic E-state index is 12.3. The zero-order chi connectivity index (χ0) is 15.4. The average Bonchev–Trinajstić information content (AvgIpc) is 2.47. The van der Waals surface area contributed by atoms with Gasteiger partial charge < -0.3 is 10.0 Å². The van der Waals surface area contributed by atoms with Gasteiger partial charge in [-0.2, -0.15) is 0 Å². The molecule has 0 bridgehead atoms. The summed E-state index contributed by atoms with van der Waals surface area (Å²) in [5.74, 6) is -0.296. The van der Waals surface area contributed by atoms with Crippen LogP contribution in [-0.4, -0.2) is 35.1 Å². The Morgan fingerprint density at radius 1 is 1.24 bits per heavy atom. The molecule has 1 aliphatic rings. The lowest BCUT2D eigenvalue weighted by Crippen LogP contribution is -2.16. The topological polar surface area (TPSA) is 57.6 Å². The van der Waals surface area contributed by atoms with Crippen molar-refractivity contribution in [2.75, 3.05) is 14.1 Å². The summed E-state index contributed by atoms with van der Waals surface area (Å²) in [7, 11) is 3.32. The minimum Gasteiger partial charge on any atom is -0.507 e. The number of benzene rings is 1. The Kier molecular flexibility index (Phi) is 4.85. The molecule has 5 heteroatoms. The van der Waals surface area contributed by atoms with E-state index < -0.39 is 0 Å². The Labute approximate surface area is 128 Å². The number of allylic oxidation sites excluding steroid dienone is 4. The highest BCUT2D eigenvalue weighted by Crippen LogP contribution is 2.29. The van der Waals surface area contributed by atoms with Gasteiger partial charge in [-0.3, -0.25) is 9.59 Å². The number of nitrogens with zero attached hydrogens (tertiary/aromatic N) is 1. The van der Waals surface area contributed by atoms with E-state index >= 15 is 0 Å². The number of Topliss-reactive ketones (excluding diaryl/α,β-unsaturated/α-hetero) is 1. The van der Waals surface area contributed by atoms with E-state index in [9.17, 15) is 14.7 Å². The lowest BCUT2D eigenvalue weighted by Gasteiger charge is -2.11. The van der Waals surface area contributed by atoms with E-state index in [-0.39, 0.29) is 22.3 Å². The number of rotatable bonds is 3. The van der Waals surface area contributed by atoms with Crippen LogP contribution in [0.4, 0.5) is 4.79 Å². The quantitative estimate of drug-likeness (QED) is 0.684. The fourth-order valence-electron chi connectivity index (χ4n) is 1.90. The summed E-state index contributed by atoms with van der Waals surface area (Å²) < 4.78 is 0. The number of phenolic OH excluding ortho intramolecular Hbond substituents is 1. The molecule has 0 saturated carbocycles. The highest BCUT2D eigenvalue weighted by atomic mass is 32.2. The van der Waals surface area contributed by atoms with E-state index in [2.05, 4.69) is 0 Å². The van der Waals surface area contributed by atoms with Crippen molar-refractivity contribution in [3.63, 3.8) is 0 Å². The first-order valence-corrected chi connectivity index (χ1v) is 7.44. The number of thioether (sulfide) groups is 1. The number of amides is 1. The Morgan fingerprint density at radius 2 is 2.00 bits per heavy atom. The molecule has 1 N–H and O–H groups in total. The molecule has 1 aromatic carbocycles. The molecule has 1 aromatic rings. The van der Waals surface area contributed by atoms with E-state index in [4.69, 9.17) is 0 Å². The zero-order valence-corrected chi connectivity index (χ0v) is 12.8. The summed E-state index contributed by atoms with van der Waals surface area (Å²) in [6.07, 6.45) is 7.38. The second-order valence-electron chi connectivity index (χ2n) is 4.91. The summed E-state index contributed by atoms with van der Waals surface area (Å²) in [4.78, 5) is 26.0. The van der Waals surface area contributed by atoms with Gasteiger partial charge in [0, 0.05) is 24.6 Å². The third-order valence-electron chi connectivity index (χ3n) is 3.04. The molecule has 0 unspecified atom stereocenters. The largest absolute Gasteiger partial charge is 0.507 e. The van der Waals surface area contributed by atoms with Gasteiger partial charge in [0.15, 0.2) is 5.78 Å². The molecule has 0 aliphatic heterocycles. The monoisotopic (exact) mass is 303 g/mol. The van der Waals surface area contributed by atoms with Crippen LogP contribution < -0.4 is 0 Å². The first-order valence-electron chi connectivity index (χ1n) is 6.62. The van der Waals surface area contributed by atoms with E-state index in [1.807, 2.05) is 12.2 Å². The fourth-order valence-corrected chi connectivity index (χ4v) is 2.59. The van der Waals surface area contributed by atoms with Crippen LogP contribution >= 0.6 is 11.8 Å². The molecule has 0 spiro atoms. The van der Waals surface area contributed by atoms with Crippen LogP contribution in [0.5, 0.6) is 5.75 Å². The van der Waals surface area contributed by atoms with Crippen molar-refractivity contribution < 1.29 is 14.7 Å². The number of carbonyl (C=O) groups excluding carboxylic acids is 2. The summed E-state index contributed by atoms with van der Waals surface area (Å²) >= 11 is 1.01. The summed E-state index contributed by atoms with van der Waals surface area (Å²) in [5, 5.41) is 9.90. The maximum atomic E-state index is 12.3. The van der Waals surface area contributed by atoms with Gasteiger partial charge >= 0.3 is 0 Å². The number of carbonyl (C=O) groups is 2. The van der Waals surface area contributed by atoms with Gasteiger partial charge in [-0.15, -0.1) is 0 Å². The van der Waals surface area contributed by atoms with Crippen LogP contribution in [0.15, 0.2) is 46.9 Å². The normalized spacial score (nSPS) is 13.7. The molecular weight excluding hydrogens is 286 g/mol. The van der Waals surface area contributed by atoms with Crippen molar-refractivity contribution in [2.24, 2.45) is 0 Å². The number of hydrogen-bond acceptors (Lipinski definition) is 4. The Hall–Kier alpha value is -2.01. The van der Waals surface area contributed by atoms with E-state index in [1.54, 1.807) is 32.3 Å². The molecule has 110 valence electrons. The van der Waals surface area contributed by atoms with Crippen molar-refractivity contribution in [3.8, 4) is 5.75 Å². The molecule has 21 heavy (non-hydrogen) atoms. The fraction of sp³-hybridized carbons (Fsp3) is 0.250. The second kappa shape index (κ2) is 6.63. The van der Waals surface area contributed by atoms with Gasteiger partial charge in [0.25, 0.3) is 5.24 Å². The minimum atomic E-state index is -0.195. The Bertz CT molecular complexity index is 632. The smallest absolute Gasteiger partial charge is 0.285 e. The molecule has 2 rings (SSSR count). The molecule has 0 aromatic heterocycles. The molecule has 0 atom stereocenters. The first kappa shape index (κ1) is 15.4. The van der Waals surface area contributed by atoms with Crippen LogP contribution in [0.25, 0.3) is 0 Å². The first-order chi connectivity index (χ1) is 9.99. The molecule has 1 aliphatic carbocycles. The molecular formula is C16H17NO3S. The Morgan fingerprint density at radius 3 is 2.57 bits per heavy atom. The van der Waals surface area contributed by atoms with Crippen molar-refractivity contribution >= 4 is 22.8 Å². The van der Waals surface area contributed by atoms with Crippen LogP contribution in [0, 0.1) is 0 Å². The molecule has 4 nitrogen and oxygen atoms in total. The highest BCUT2D eigenvalue weighted by molar-refractivity contribution is 8.13. The van der Waals surface area contributed by atoms with Crippen molar-refractivity contribution in [1.29, 1.82) is 0 Å². The lowest BCUT2D eigenvalue weighted by atomic mass is 9.98. The summed E-state index contributed by atoms with van der Waals surface area (Å²) in [6.45, 7) is 0. The maximum Gasteiger partial charge on any atom is 0.285 e. The molecule has 0 radical (unpaired) electrons. The third-order valence-corrected chi connectivity index (χ3v) is 4.07. The SMILES string of the molecule is CN(C)C(=O)Sc1ccc(C(=O)C2=CCCC=C2)c(O)c1. The van der Waals surface area contributed by atoms with Crippen molar-refractivity contribution in [3.05, 3.63) is 47.6 Å². The van der Waals surface area contributed by atoms with Crippen molar-refractivity contribution in [1.82, 2.24) is 4.90 Å². The number of phenols is 1. The molecule has 0 saturated heterocycles. The standard InChI is InChI=1S/C16H17NO3S/c1-17(2)16(20)21-12-8-9-13(14(18)10-12)15(19)11-6-4-3-5-7-11/h4,6-10,18H,3,5H2,1-2H3. The van der Waals surface area contributed by atoms with Crippen LogP contribution in [0.2, 0.25) is 0 Å². The van der Waals surface area contributed by atoms with E-state index in [0.717, 1.165) is 24.6 Å². The third kappa shape index (κ3) is 3.76. The number of ketones is 1. The van der Waals surface area contributed by atoms with Crippen LogP contribution in [-0.2, 0) is 0 Å². The van der Waals surface area contributed by atoms with Crippen LogP contribution in [0.1, 0.15) is 23.2 Å². The van der Waals surface area contributed by atoms with Crippen molar-refractivity contribution in [2.45, 2.75) is 17.7 Å². The van der Waals surface area contributed by atoms with E-state index in [0.29, 0.717) is 10.5 Å². The molecule has 1 amide bonds. The predicted octanol–water partition coefficient (Wildman–Crippen LogP) is 3.63. The highest BCUT2D eigenvalue weighted by Gasteiger charge is 2.16. The molecule has 0 heterocycles. The Balaban J connectivity index is 2.19. The predicted molar refractivity (Wildman–Crippen MR) is 83.8 cm³/mol. The zero-order valence-electron chi connectivity index (χ0n) is 12.0. The minimum absolute atomic E-state index is 0.101. The van der Waals surface area contributed by atoms with E-state index in [1.165, 1.54) is 11.0 Å². The van der Waals surface area contributed by atoms with Gasteiger partial charge in [0.2, 0.25) is 0 Å². The summed E-state index contributed by atoms with van der Waals surface area (Å²) in [6, 6.07) is 4.69.